The largest absolute Gasteiger partial charge is 0.496 e. The van der Waals surface area contributed by atoms with Gasteiger partial charge in [0, 0.05) is 0 Å². The average molecular weight is 370 g/mol. The van der Waals surface area contributed by atoms with E-state index >= 15 is 0 Å². The van der Waals surface area contributed by atoms with Gasteiger partial charge in [0.05, 0.1) is 13.2 Å². The summed E-state index contributed by atoms with van der Waals surface area (Å²) in [5.74, 6) is 1.83. The van der Waals surface area contributed by atoms with Gasteiger partial charge in [-0.25, -0.2) is 0 Å². The molecule has 4 nitrogen and oxygen atoms in total. The first-order valence-electron chi connectivity index (χ1n) is 9.57. The van der Waals surface area contributed by atoms with E-state index in [-0.39, 0.29) is 11.9 Å². The van der Waals surface area contributed by atoms with Gasteiger partial charge in [-0.15, -0.1) is 0 Å². The summed E-state index contributed by atoms with van der Waals surface area (Å²) >= 11 is 0. The maximum absolute atomic E-state index is 12.8. The lowest BCUT2D eigenvalue weighted by Crippen LogP contribution is -2.39. The maximum Gasteiger partial charge on any atom is 0.261 e. The molecule has 0 fully saturated rings. The van der Waals surface area contributed by atoms with Crippen LogP contribution in [0, 0.1) is 6.92 Å². The van der Waals surface area contributed by atoms with Gasteiger partial charge in [-0.2, -0.15) is 0 Å². The Balaban J connectivity index is 2.16. The van der Waals surface area contributed by atoms with Gasteiger partial charge in [0.2, 0.25) is 0 Å². The highest BCUT2D eigenvalue weighted by atomic mass is 16.5. The van der Waals surface area contributed by atoms with Crippen molar-refractivity contribution in [1.82, 2.24) is 5.32 Å². The number of hydrogen-bond acceptors (Lipinski definition) is 3. The zero-order valence-corrected chi connectivity index (χ0v) is 17.2. The van der Waals surface area contributed by atoms with Crippen LogP contribution >= 0.6 is 0 Å². The number of methoxy groups -OCH3 is 1. The van der Waals surface area contributed by atoms with Crippen molar-refractivity contribution in [1.29, 1.82) is 0 Å². The van der Waals surface area contributed by atoms with Crippen LogP contribution in [0.15, 0.2) is 42.5 Å². The van der Waals surface area contributed by atoms with Gasteiger partial charge in [-0.05, 0) is 67.1 Å². The topological polar surface area (TPSA) is 47.6 Å². The highest BCUT2D eigenvalue weighted by molar-refractivity contribution is 5.81. The van der Waals surface area contributed by atoms with Crippen molar-refractivity contribution in [2.45, 2.75) is 59.1 Å². The molecule has 1 amide bonds. The number of amides is 1. The molecule has 146 valence electrons. The normalized spacial score (nSPS) is 13.1. The van der Waals surface area contributed by atoms with Gasteiger partial charge in [0.15, 0.2) is 6.10 Å². The van der Waals surface area contributed by atoms with Crippen LogP contribution in [0.25, 0.3) is 0 Å². The molecule has 0 aliphatic carbocycles. The molecule has 0 unspecified atom stereocenters. The van der Waals surface area contributed by atoms with Gasteiger partial charge in [-0.3, -0.25) is 4.79 Å². The Kier molecular flexibility index (Phi) is 7.28. The molecular weight excluding hydrogens is 338 g/mol. The minimum absolute atomic E-state index is 0.102. The Morgan fingerprint density at radius 3 is 2.30 bits per heavy atom. The molecule has 0 heterocycles. The Labute approximate surface area is 162 Å². The number of hydrogen-bond donors (Lipinski definition) is 1. The van der Waals surface area contributed by atoms with Gasteiger partial charge < -0.3 is 14.8 Å². The smallest absolute Gasteiger partial charge is 0.261 e. The first-order valence-corrected chi connectivity index (χ1v) is 9.57. The Hall–Kier alpha value is -2.49. The minimum atomic E-state index is -0.516. The number of rotatable bonds is 8. The molecule has 0 spiro atoms. The summed E-state index contributed by atoms with van der Waals surface area (Å²) in [5, 5.41) is 3.11. The molecule has 0 aliphatic heterocycles. The van der Waals surface area contributed by atoms with Crippen LogP contribution < -0.4 is 14.8 Å². The van der Waals surface area contributed by atoms with Gasteiger partial charge in [0.1, 0.15) is 11.5 Å². The first kappa shape index (κ1) is 20.8. The fourth-order valence-electron chi connectivity index (χ4n) is 3.18. The predicted molar refractivity (Wildman–Crippen MR) is 110 cm³/mol. The fraction of sp³-hybridized carbons (Fsp3) is 0.435. The highest BCUT2D eigenvalue weighted by Gasteiger charge is 2.22. The van der Waals surface area contributed by atoms with E-state index in [9.17, 15) is 4.79 Å². The second-order valence-corrected chi connectivity index (χ2v) is 7.16. The maximum atomic E-state index is 12.8. The van der Waals surface area contributed by atoms with E-state index in [2.05, 4.69) is 25.2 Å². The molecule has 27 heavy (non-hydrogen) atoms. The Morgan fingerprint density at radius 1 is 1.07 bits per heavy atom. The summed E-state index contributed by atoms with van der Waals surface area (Å²) in [4.78, 5) is 12.8. The summed E-state index contributed by atoms with van der Waals surface area (Å²) in [6.45, 7) is 10.3. The number of carbonyl (C=O) groups excluding carboxylic acids is 1. The van der Waals surface area contributed by atoms with Crippen molar-refractivity contribution in [2.24, 2.45) is 0 Å². The second kappa shape index (κ2) is 9.45. The molecule has 1 N–H and O–H groups in total. The van der Waals surface area contributed by atoms with Crippen LogP contribution in [0.2, 0.25) is 0 Å². The number of aryl methyl sites for hydroxylation is 1. The summed E-state index contributed by atoms with van der Waals surface area (Å²) in [5.41, 5.74) is 3.34. The third-order valence-corrected chi connectivity index (χ3v) is 4.75. The third kappa shape index (κ3) is 5.25. The molecule has 0 aromatic heterocycles. The van der Waals surface area contributed by atoms with E-state index in [1.807, 2.05) is 57.2 Å². The van der Waals surface area contributed by atoms with Crippen molar-refractivity contribution in [3.8, 4) is 11.5 Å². The SMILES string of the molecule is CC[C@H](Oc1ccccc1)C(=O)N[C@H](C)c1cc(C(C)C)c(OC)cc1C. The molecule has 0 saturated heterocycles. The fourth-order valence-corrected chi connectivity index (χ4v) is 3.18. The molecule has 2 atom stereocenters. The van der Waals surface area contributed by atoms with E-state index in [0.717, 1.165) is 22.4 Å². The lowest BCUT2D eigenvalue weighted by atomic mass is 9.93. The second-order valence-electron chi connectivity index (χ2n) is 7.16. The molecule has 0 bridgehead atoms. The van der Waals surface area contributed by atoms with E-state index in [4.69, 9.17) is 9.47 Å². The number of benzene rings is 2. The van der Waals surface area contributed by atoms with Crippen LogP contribution in [0.4, 0.5) is 0 Å². The van der Waals surface area contributed by atoms with E-state index in [0.29, 0.717) is 18.1 Å². The lowest BCUT2D eigenvalue weighted by Gasteiger charge is -2.23. The molecular formula is C23H31NO3. The van der Waals surface area contributed by atoms with Gasteiger partial charge in [0.25, 0.3) is 5.91 Å². The standard InChI is InChI=1S/C23H31NO3/c1-7-21(27-18-11-9-8-10-12-18)23(25)24-17(5)20-14-19(15(2)3)22(26-6)13-16(20)4/h8-15,17,21H,7H2,1-6H3,(H,24,25)/t17-,21+/m1/s1. The number of nitrogens with one attached hydrogen (secondary N) is 1. The first-order chi connectivity index (χ1) is 12.9. The van der Waals surface area contributed by atoms with Gasteiger partial charge >= 0.3 is 0 Å². The molecule has 2 aromatic rings. The van der Waals surface area contributed by atoms with Crippen molar-refractivity contribution in [2.75, 3.05) is 7.11 Å². The summed E-state index contributed by atoms with van der Waals surface area (Å²) < 4.78 is 11.4. The Bertz CT molecular complexity index is 756. The Morgan fingerprint density at radius 2 is 1.74 bits per heavy atom. The minimum Gasteiger partial charge on any atom is -0.496 e. The highest BCUT2D eigenvalue weighted by Crippen LogP contribution is 2.32. The van der Waals surface area contributed by atoms with Crippen LogP contribution in [0.3, 0.4) is 0 Å². The monoisotopic (exact) mass is 369 g/mol. The predicted octanol–water partition coefficient (Wildman–Crippen LogP) is 5.16. The van der Waals surface area contributed by atoms with Crippen LogP contribution in [0.1, 0.15) is 62.8 Å². The van der Waals surface area contributed by atoms with E-state index < -0.39 is 6.10 Å². The third-order valence-electron chi connectivity index (χ3n) is 4.75. The average Bonchev–Trinajstić information content (AvgIpc) is 2.65. The van der Waals surface area contributed by atoms with Crippen LogP contribution in [-0.4, -0.2) is 19.1 Å². The molecule has 4 heteroatoms. The molecule has 0 radical (unpaired) electrons. The summed E-state index contributed by atoms with van der Waals surface area (Å²) in [6, 6.07) is 13.5. The lowest BCUT2D eigenvalue weighted by molar-refractivity contribution is -0.128. The molecule has 0 aliphatic rings. The van der Waals surface area contributed by atoms with E-state index in [1.54, 1.807) is 7.11 Å². The zero-order chi connectivity index (χ0) is 20.0. The summed E-state index contributed by atoms with van der Waals surface area (Å²) in [6.07, 6.45) is 0.0877. The van der Waals surface area contributed by atoms with Crippen LogP contribution in [0.5, 0.6) is 11.5 Å². The molecule has 0 saturated carbocycles. The number of ether oxygens (including phenoxy) is 2. The number of carbonyl (C=O) groups is 1. The molecule has 2 aromatic carbocycles. The van der Waals surface area contributed by atoms with Crippen LogP contribution in [-0.2, 0) is 4.79 Å². The number of para-hydroxylation sites is 1. The summed E-state index contributed by atoms with van der Waals surface area (Å²) in [7, 11) is 1.69. The molecule has 2 rings (SSSR count). The van der Waals surface area contributed by atoms with E-state index in [1.165, 1.54) is 0 Å². The van der Waals surface area contributed by atoms with Crippen molar-refractivity contribution in [3.05, 3.63) is 59.2 Å². The van der Waals surface area contributed by atoms with Gasteiger partial charge in [-0.1, -0.05) is 39.0 Å². The van der Waals surface area contributed by atoms with Crippen molar-refractivity contribution >= 4 is 5.91 Å². The van der Waals surface area contributed by atoms with Crippen molar-refractivity contribution < 1.29 is 14.3 Å². The van der Waals surface area contributed by atoms with Crippen molar-refractivity contribution in [3.63, 3.8) is 0 Å². The zero-order valence-electron chi connectivity index (χ0n) is 17.2. The quantitative estimate of drug-likeness (QED) is 0.699.